The lowest BCUT2D eigenvalue weighted by molar-refractivity contribution is 0.0793. The molecule has 1 heterocycles. The molecule has 0 saturated carbocycles. The van der Waals surface area contributed by atoms with Crippen LogP contribution in [-0.4, -0.2) is 43.5 Å². The summed E-state index contributed by atoms with van der Waals surface area (Å²) in [6.45, 7) is 2.89. The highest BCUT2D eigenvalue weighted by atomic mass is 16.2. The summed E-state index contributed by atoms with van der Waals surface area (Å²) in [5.41, 5.74) is 2.73. The van der Waals surface area contributed by atoms with E-state index >= 15 is 0 Å². The maximum absolute atomic E-state index is 12.4. The van der Waals surface area contributed by atoms with Crippen molar-refractivity contribution in [2.24, 2.45) is 0 Å². The van der Waals surface area contributed by atoms with E-state index < -0.39 is 0 Å². The Morgan fingerprint density at radius 3 is 2.46 bits per heavy atom. The zero-order valence-electron chi connectivity index (χ0n) is 14.9. The van der Waals surface area contributed by atoms with Crippen molar-refractivity contribution < 1.29 is 4.79 Å². The van der Waals surface area contributed by atoms with Crippen LogP contribution >= 0.6 is 0 Å². The summed E-state index contributed by atoms with van der Waals surface area (Å²) in [7, 11) is 5.85. The van der Waals surface area contributed by atoms with Crippen LogP contribution in [0.2, 0.25) is 0 Å². The number of amides is 1. The van der Waals surface area contributed by atoms with Crippen molar-refractivity contribution in [2.75, 3.05) is 37.9 Å². The molecule has 0 unspecified atom stereocenters. The average molecular weight is 326 g/mol. The minimum absolute atomic E-state index is 0.0249. The highest BCUT2D eigenvalue weighted by Crippen LogP contribution is 2.19. The van der Waals surface area contributed by atoms with Crippen LogP contribution in [0.25, 0.3) is 0 Å². The molecule has 5 heteroatoms. The minimum Gasteiger partial charge on any atom is -0.378 e. The van der Waals surface area contributed by atoms with E-state index in [2.05, 4.69) is 17.2 Å². The largest absolute Gasteiger partial charge is 0.378 e. The molecule has 0 aliphatic rings. The first-order valence-corrected chi connectivity index (χ1v) is 8.27. The fraction of sp³-hybridized carbons (Fsp3) is 0.368. The third-order valence-corrected chi connectivity index (χ3v) is 3.86. The molecule has 1 N–H and O–H groups in total. The first kappa shape index (κ1) is 17.8. The van der Waals surface area contributed by atoms with Gasteiger partial charge in [0.25, 0.3) is 5.91 Å². The molecule has 0 bridgehead atoms. The van der Waals surface area contributed by atoms with Crippen LogP contribution in [0.4, 0.5) is 17.2 Å². The number of pyridine rings is 1. The summed E-state index contributed by atoms with van der Waals surface area (Å²) in [6, 6.07) is 11.6. The quantitative estimate of drug-likeness (QED) is 0.841. The molecule has 128 valence electrons. The third-order valence-electron chi connectivity index (χ3n) is 3.86. The van der Waals surface area contributed by atoms with Crippen LogP contribution in [-0.2, 0) is 0 Å². The van der Waals surface area contributed by atoms with E-state index in [9.17, 15) is 4.79 Å². The van der Waals surface area contributed by atoms with Gasteiger partial charge in [0.15, 0.2) is 0 Å². The lowest BCUT2D eigenvalue weighted by Crippen LogP contribution is -2.27. The number of aromatic nitrogens is 1. The van der Waals surface area contributed by atoms with E-state index in [0.29, 0.717) is 11.4 Å². The highest BCUT2D eigenvalue weighted by Gasteiger charge is 2.12. The molecule has 24 heavy (non-hydrogen) atoms. The average Bonchev–Trinajstić information content (AvgIpc) is 2.59. The zero-order chi connectivity index (χ0) is 17.5. The molecule has 0 aliphatic carbocycles. The predicted molar refractivity (Wildman–Crippen MR) is 100 cm³/mol. The van der Waals surface area contributed by atoms with Gasteiger partial charge in [-0.05, 0) is 42.8 Å². The molecule has 1 amide bonds. The fourth-order valence-electron chi connectivity index (χ4n) is 2.34. The third kappa shape index (κ3) is 4.72. The number of nitrogens with zero attached hydrogens (tertiary/aromatic N) is 3. The van der Waals surface area contributed by atoms with Gasteiger partial charge in [0.05, 0.1) is 0 Å². The van der Waals surface area contributed by atoms with Gasteiger partial charge in [-0.3, -0.25) is 4.79 Å². The van der Waals surface area contributed by atoms with Crippen LogP contribution in [0.5, 0.6) is 0 Å². The van der Waals surface area contributed by atoms with Gasteiger partial charge >= 0.3 is 0 Å². The monoisotopic (exact) mass is 326 g/mol. The molecule has 1 aromatic carbocycles. The van der Waals surface area contributed by atoms with Crippen molar-refractivity contribution in [3.8, 4) is 0 Å². The van der Waals surface area contributed by atoms with Gasteiger partial charge in [0.2, 0.25) is 0 Å². The van der Waals surface area contributed by atoms with Crippen molar-refractivity contribution in [3.05, 3.63) is 48.2 Å². The second-order valence-corrected chi connectivity index (χ2v) is 6.08. The lowest BCUT2D eigenvalue weighted by atomic mass is 10.2. The van der Waals surface area contributed by atoms with E-state index in [-0.39, 0.29) is 5.91 Å². The zero-order valence-corrected chi connectivity index (χ0v) is 14.9. The van der Waals surface area contributed by atoms with Gasteiger partial charge in [-0.15, -0.1) is 0 Å². The summed E-state index contributed by atoms with van der Waals surface area (Å²) in [5, 5.41) is 3.25. The number of unbranched alkanes of at least 4 members (excludes halogenated alkanes) is 1. The van der Waals surface area contributed by atoms with Crippen molar-refractivity contribution in [2.45, 2.75) is 19.8 Å². The first-order chi connectivity index (χ1) is 11.5. The van der Waals surface area contributed by atoms with Gasteiger partial charge < -0.3 is 15.1 Å². The first-order valence-electron chi connectivity index (χ1n) is 8.27. The van der Waals surface area contributed by atoms with Gasteiger partial charge in [-0.1, -0.05) is 13.3 Å². The standard InChI is InChI=1S/C19H26N4O/c1-5-6-13-23(4)19(24)15-11-12-20-18(14-15)21-16-7-9-17(10-8-16)22(2)3/h7-12,14H,5-6,13H2,1-4H3,(H,20,21). The molecule has 2 rings (SSSR count). The van der Waals surface area contributed by atoms with Crippen LogP contribution in [0.3, 0.4) is 0 Å². The van der Waals surface area contributed by atoms with E-state index in [4.69, 9.17) is 0 Å². The van der Waals surface area contributed by atoms with E-state index in [0.717, 1.165) is 30.8 Å². The number of nitrogens with one attached hydrogen (secondary N) is 1. The molecular formula is C19H26N4O. The van der Waals surface area contributed by atoms with E-state index in [1.54, 1.807) is 23.2 Å². The maximum Gasteiger partial charge on any atom is 0.253 e. The molecular weight excluding hydrogens is 300 g/mol. The molecule has 2 aromatic rings. The van der Waals surface area contributed by atoms with Crippen molar-refractivity contribution >= 4 is 23.1 Å². The molecule has 0 saturated heterocycles. The van der Waals surface area contributed by atoms with Crippen LogP contribution in [0.1, 0.15) is 30.1 Å². The normalized spacial score (nSPS) is 10.3. The predicted octanol–water partition coefficient (Wildman–Crippen LogP) is 3.76. The second kappa shape index (κ2) is 8.34. The molecule has 1 aromatic heterocycles. The SMILES string of the molecule is CCCCN(C)C(=O)c1ccnc(Nc2ccc(N(C)C)cc2)c1. The number of hydrogen-bond acceptors (Lipinski definition) is 4. The van der Waals surface area contributed by atoms with Crippen molar-refractivity contribution in [3.63, 3.8) is 0 Å². The van der Waals surface area contributed by atoms with Gasteiger partial charge in [0.1, 0.15) is 5.82 Å². The van der Waals surface area contributed by atoms with E-state index in [1.165, 1.54) is 0 Å². The molecule has 0 fully saturated rings. The number of rotatable bonds is 7. The molecule has 0 radical (unpaired) electrons. The molecule has 5 nitrogen and oxygen atoms in total. The summed E-state index contributed by atoms with van der Waals surface area (Å²) in [4.78, 5) is 20.6. The van der Waals surface area contributed by atoms with Gasteiger partial charge in [-0.2, -0.15) is 0 Å². The Morgan fingerprint density at radius 2 is 1.83 bits per heavy atom. The Kier molecular flexibility index (Phi) is 6.18. The Labute approximate surface area is 144 Å². The van der Waals surface area contributed by atoms with Crippen molar-refractivity contribution in [1.29, 1.82) is 0 Å². The number of benzene rings is 1. The summed E-state index contributed by atoms with van der Waals surface area (Å²) < 4.78 is 0. The minimum atomic E-state index is 0.0249. The van der Waals surface area contributed by atoms with Crippen molar-refractivity contribution in [1.82, 2.24) is 9.88 Å². The molecule has 0 spiro atoms. The fourth-order valence-corrected chi connectivity index (χ4v) is 2.34. The highest BCUT2D eigenvalue weighted by molar-refractivity contribution is 5.94. The number of anilines is 3. The molecule has 0 atom stereocenters. The maximum atomic E-state index is 12.4. The second-order valence-electron chi connectivity index (χ2n) is 6.08. The van der Waals surface area contributed by atoms with Gasteiger partial charge in [-0.25, -0.2) is 4.98 Å². The number of carbonyl (C=O) groups excluding carboxylic acids is 1. The van der Waals surface area contributed by atoms with Crippen LogP contribution in [0, 0.1) is 0 Å². The number of carbonyl (C=O) groups is 1. The smallest absolute Gasteiger partial charge is 0.253 e. The Morgan fingerprint density at radius 1 is 1.12 bits per heavy atom. The Balaban J connectivity index is 2.08. The van der Waals surface area contributed by atoms with Gasteiger partial charge in [0, 0.05) is 50.8 Å². The Bertz CT molecular complexity index is 667. The number of hydrogen-bond donors (Lipinski definition) is 1. The molecule has 0 aliphatic heterocycles. The summed E-state index contributed by atoms with van der Waals surface area (Å²) in [6.07, 6.45) is 3.75. The van der Waals surface area contributed by atoms with Crippen LogP contribution < -0.4 is 10.2 Å². The lowest BCUT2D eigenvalue weighted by Gasteiger charge is -2.17. The van der Waals surface area contributed by atoms with Crippen LogP contribution in [0.15, 0.2) is 42.6 Å². The Hall–Kier alpha value is -2.56. The van der Waals surface area contributed by atoms with E-state index in [1.807, 2.05) is 50.3 Å². The topological polar surface area (TPSA) is 48.5 Å². The summed E-state index contributed by atoms with van der Waals surface area (Å²) in [5.74, 6) is 0.694. The summed E-state index contributed by atoms with van der Waals surface area (Å²) >= 11 is 0.